The van der Waals surface area contributed by atoms with Crippen molar-refractivity contribution in [1.29, 1.82) is 0 Å². The highest BCUT2D eigenvalue weighted by Crippen LogP contribution is 2.45. The number of carboxylic acids is 1. The molecule has 0 bridgehead atoms. The summed E-state index contributed by atoms with van der Waals surface area (Å²) < 4.78 is 20.6. The van der Waals surface area contributed by atoms with Gasteiger partial charge in [-0.15, -0.1) is 0 Å². The number of fused-ring (bicyclic) bond motifs is 2. The number of amides is 1. The Labute approximate surface area is 202 Å². The van der Waals surface area contributed by atoms with Gasteiger partial charge in [0.25, 0.3) is 5.91 Å². The highest BCUT2D eigenvalue weighted by molar-refractivity contribution is 8.00. The van der Waals surface area contributed by atoms with Crippen molar-refractivity contribution < 1.29 is 42.9 Å². The van der Waals surface area contributed by atoms with Crippen LogP contribution in [0, 0.1) is 5.92 Å². The molecule has 0 spiro atoms. The fraction of sp³-hybridized carbons (Fsp3) is 0.348. The summed E-state index contributed by atoms with van der Waals surface area (Å²) in [6.45, 7) is 0.984. The molecule has 184 valence electrons. The largest absolute Gasteiger partial charge is 0.496 e. The first kappa shape index (κ1) is 24.3. The highest BCUT2D eigenvalue weighted by Gasteiger charge is 2.56. The zero-order chi connectivity index (χ0) is 25.4. The van der Waals surface area contributed by atoms with Gasteiger partial charge in [-0.25, -0.2) is 9.59 Å². The molecule has 2 heterocycles. The molecule has 1 amide bonds. The van der Waals surface area contributed by atoms with E-state index < -0.39 is 46.5 Å². The maximum atomic E-state index is 12.9. The molecule has 35 heavy (non-hydrogen) atoms. The van der Waals surface area contributed by atoms with Crippen LogP contribution < -0.4 is 20.4 Å². The lowest BCUT2D eigenvalue weighted by Crippen LogP contribution is -2.65. The molecule has 1 aromatic heterocycles. The molecular weight excluding hydrogens is 482 g/mol. The van der Waals surface area contributed by atoms with Crippen molar-refractivity contribution in [2.24, 2.45) is 5.92 Å². The van der Waals surface area contributed by atoms with Gasteiger partial charge in [-0.2, -0.15) is 11.8 Å². The third-order valence-corrected chi connectivity index (χ3v) is 7.31. The summed E-state index contributed by atoms with van der Waals surface area (Å²) in [5.41, 5.74) is -0.867. The van der Waals surface area contributed by atoms with E-state index in [-0.39, 0.29) is 29.1 Å². The summed E-state index contributed by atoms with van der Waals surface area (Å²) in [5.74, 6) is -3.21. The molecule has 1 saturated carbocycles. The summed E-state index contributed by atoms with van der Waals surface area (Å²) in [7, 11) is 2.85. The van der Waals surface area contributed by atoms with Gasteiger partial charge in [-0.05, 0) is 11.6 Å². The number of carboxylic acid groups (broad SMARTS) is 1. The number of carbonyl (C=O) groups is 4. The summed E-state index contributed by atoms with van der Waals surface area (Å²) in [6.07, 6.45) is 0. The number of nitrogens with one attached hydrogen (secondary N) is 1. The second kappa shape index (κ2) is 9.45. The number of hydrogen-bond donors (Lipinski definition) is 2. The third kappa shape index (κ3) is 4.36. The zero-order valence-electron chi connectivity index (χ0n) is 18.9. The Morgan fingerprint density at radius 2 is 1.91 bits per heavy atom. The number of hydrogen-bond acceptors (Lipinski definition) is 10. The molecule has 0 saturated heterocycles. The van der Waals surface area contributed by atoms with E-state index in [9.17, 15) is 29.1 Å². The van der Waals surface area contributed by atoms with Crippen LogP contribution in [0.5, 0.6) is 11.5 Å². The molecule has 1 aliphatic carbocycles. The third-order valence-electron chi connectivity index (χ3n) is 5.87. The number of thioether (sulfide) groups is 1. The average Bonchev–Trinajstić information content (AvgIpc) is 2.83. The molecule has 0 radical (unpaired) electrons. The number of aliphatic carboxylic acids is 1. The van der Waals surface area contributed by atoms with Crippen LogP contribution in [0.1, 0.15) is 17.3 Å². The first-order chi connectivity index (χ1) is 16.7. The van der Waals surface area contributed by atoms with Crippen molar-refractivity contribution in [1.82, 2.24) is 5.32 Å². The fourth-order valence-corrected chi connectivity index (χ4v) is 5.65. The van der Waals surface area contributed by atoms with Gasteiger partial charge in [0.2, 0.25) is 0 Å². The molecule has 11 nitrogen and oxygen atoms in total. The quantitative estimate of drug-likeness (QED) is 0.412. The van der Waals surface area contributed by atoms with Gasteiger partial charge in [0.05, 0.1) is 31.1 Å². The van der Waals surface area contributed by atoms with Gasteiger partial charge in [-0.1, -0.05) is 0 Å². The Hall–Kier alpha value is -3.80. The van der Waals surface area contributed by atoms with E-state index in [2.05, 4.69) is 5.32 Å². The van der Waals surface area contributed by atoms with Crippen LogP contribution in [0.2, 0.25) is 0 Å². The van der Waals surface area contributed by atoms with Crippen LogP contribution in [0.15, 0.2) is 38.6 Å². The molecule has 4 rings (SSSR count). The van der Waals surface area contributed by atoms with Crippen LogP contribution in [-0.2, 0) is 19.1 Å². The summed E-state index contributed by atoms with van der Waals surface area (Å²) >= 11 is 1.28. The molecule has 1 unspecified atom stereocenters. The Morgan fingerprint density at radius 1 is 1.17 bits per heavy atom. The van der Waals surface area contributed by atoms with E-state index in [0.717, 1.165) is 0 Å². The molecule has 2 aromatic rings. The average molecular weight is 503 g/mol. The SMILES string of the molecule is COc1cc(OC)c2cc(C(=O)N[C@@H]3C(=O)C4C(C(=O)O)=C(COC(C)=O)CS[C@@H]43)c(=O)oc2c1. The first-order valence-corrected chi connectivity index (χ1v) is 11.5. The lowest BCUT2D eigenvalue weighted by molar-refractivity contribution is -0.141. The van der Waals surface area contributed by atoms with Crippen molar-refractivity contribution in [3.8, 4) is 11.5 Å². The van der Waals surface area contributed by atoms with E-state index in [1.54, 1.807) is 6.07 Å². The number of rotatable bonds is 7. The summed E-state index contributed by atoms with van der Waals surface area (Å²) in [6, 6.07) is 3.36. The van der Waals surface area contributed by atoms with Crippen LogP contribution in [0.3, 0.4) is 0 Å². The van der Waals surface area contributed by atoms with Gasteiger partial charge < -0.3 is 29.1 Å². The van der Waals surface area contributed by atoms with E-state index in [0.29, 0.717) is 22.5 Å². The van der Waals surface area contributed by atoms with Crippen LogP contribution in [0.4, 0.5) is 0 Å². The minimum atomic E-state index is -1.28. The van der Waals surface area contributed by atoms with Crippen LogP contribution in [0.25, 0.3) is 11.0 Å². The van der Waals surface area contributed by atoms with Crippen LogP contribution in [-0.4, -0.2) is 66.6 Å². The molecule has 2 aliphatic rings. The van der Waals surface area contributed by atoms with Gasteiger partial charge in [0.1, 0.15) is 35.3 Å². The minimum Gasteiger partial charge on any atom is -0.496 e. The van der Waals surface area contributed by atoms with Crippen molar-refractivity contribution in [2.75, 3.05) is 26.6 Å². The van der Waals surface area contributed by atoms with Gasteiger partial charge in [0.15, 0.2) is 5.78 Å². The summed E-state index contributed by atoms with van der Waals surface area (Å²) in [5, 5.41) is 12.0. The number of ether oxygens (including phenoxy) is 3. The molecule has 1 aliphatic heterocycles. The second-order valence-corrected chi connectivity index (χ2v) is 9.06. The van der Waals surface area contributed by atoms with Crippen molar-refractivity contribution in [2.45, 2.75) is 18.2 Å². The number of carbonyl (C=O) groups excluding carboxylic acids is 3. The molecule has 1 fully saturated rings. The number of methoxy groups -OCH3 is 2. The van der Waals surface area contributed by atoms with Crippen molar-refractivity contribution in [3.63, 3.8) is 0 Å². The first-order valence-electron chi connectivity index (χ1n) is 10.4. The molecule has 2 N–H and O–H groups in total. The number of benzene rings is 1. The number of esters is 1. The van der Waals surface area contributed by atoms with Crippen LogP contribution >= 0.6 is 11.8 Å². The van der Waals surface area contributed by atoms with E-state index >= 15 is 0 Å². The zero-order valence-corrected chi connectivity index (χ0v) is 19.7. The molecule has 1 aromatic carbocycles. The number of ketones is 1. The minimum absolute atomic E-state index is 0.116. The van der Waals surface area contributed by atoms with Gasteiger partial charge >= 0.3 is 17.6 Å². The van der Waals surface area contributed by atoms with Crippen molar-refractivity contribution >= 4 is 46.4 Å². The molecule has 12 heteroatoms. The Balaban J connectivity index is 1.59. The smallest absolute Gasteiger partial charge is 0.349 e. The Bertz CT molecular complexity index is 1340. The van der Waals surface area contributed by atoms with E-state index in [1.807, 2.05) is 0 Å². The predicted molar refractivity (Wildman–Crippen MR) is 123 cm³/mol. The maximum absolute atomic E-state index is 12.9. The fourth-order valence-electron chi connectivity index (χ4n) is 4.16. The Morgan fingerprint density at radius 3 is 2.54 bits per heavy atom. The highest BCUT2D eigenvalue weighted by atomic mass is 32.2. The van der Waals surface area contributed by atoms with E-state index in [1.165, 1.54) is 45.0 Å². The second-order valence-electron chi connectivity index (χ2n) is 7.90. The maximum Gasteiger partial charge on any atom is 0.349 e. The van der Waals surface area contributed by atoms with Gasteiger partial charge in [0, 0.05) is 30.1 Å². The van der Waals surface area contributed by atoms with E-state index in [4.69, 9.17) is 18.6 Å². The lowest BCUT2D eigenvalue weighted by atomic mass is 9.71. The summed E-state index contributed by atoms with van der Waals surface area (Å²) in [4.78, 5) is 61.3. The van der Waals surface area contributed by atoms with Gasteiger partial charge in [-0.3, -0.25) is 14.4 Å². The lowest BCUT2D eigenvalue weighted by Gasteiger charge is -2.46. The Kier molecular flexibility index (Phi) is 6.57. The normalized spacial score (nSPS) is 21.1. The molecular formula is C23H21NO10S. The predicted octanol–water partition coefficient (Wildman–Crippen LogP) is 1.17. The standard InChI is InChI=1S/C23H21NO10S/c1-9(25)33-7-10-8-35-20-17(16(10)22(28)29)19(26)18(20)24-21(27)13-6-12-14(32-3)4-11(31-2)5-15(12)34-23(13)30/h4-6,17-18,20H,7-8H2,1-3H3,(H,24,27)(H,28,29)/t17?,18-,20+/m1/s1. The molecule has 3 atom stereocenters. The topological polar surface area (TPSA) is 158 Å². The monoisotopic (exact) mass is 503 g/mol. The van der Waals surface area contributed by atoms with Crippen molar-refractivity contribution in [3.05, 3.63) is 45.3 Å². The number of Topliss-reactive ketones (excluding diaryl/α,β-unsaturated/α-hetero) is 1.